The number of aliphatic hydroxyl groups is 1. The quantitative estimate of drug-likeness (QED) is 0.832. The van der Waals surface area contributed by atoms with Gasteiger partial charge in [0.25, 0.3) is 0 Å². The van der Waals surface area contributed by atoms with Gasteiger partial charge in [0, 0.05) is 5.02 Å². The monoisotopic (exact) mass is 272 g/mol. The maximum absolute atomic E-state index is 11.6. The molecule has 1 N–H and O–H groups in total. The molecule has 0 aliphatic rings. The van der Waals surface area contributed by atoms with Gasteiger partial charge in [-0.2, -0.15) is 0 Å². The molecule has 18 heavy (non-hydrogen) atoms. The van der Waals surface area contributed by atoms with Crippen molar-refractivity contribution < 1.29 is 24.2 Å². The number of hydrogen-bond acceptors (Lipinski definition) is 5. The molecule has 98 valence electrons. The Morgan fingerprint density at radius 3 is 2.06 bits per heavy atom. The highest BCUT2D eigenvalue weighted by molar-refractivity contribution is 6.30. The van der Waals surface area contributed by atoms with E-state index in [0.717, 1.165) is 7.11 Å². The van der Waals surface area contributed by atoms with E-state index >= 15 is 0 Å². The number of carbonyl (C=O) groups is 2. The van der Waals surface area contributed by atoms with Crippen LogP contribution in [-0.4, -0.2) is 37.4 Å². The summed E-state index contributed by atoms with van der Waals surface area (Å²) in [5.74, 6) is -2.77. The van der Waals surface area contributed by atoms with Gasteiger partial charge in [0.05, 0.1) is 14.2 Å². The highest BCUT2D eigenvalue weighted by atomic mass is 35.5. The zero-order chi connectivity index (χ0) is 13.7. The van der Waals surface area contributed by atoms with E-state index < -0.39 is 24.0 Å². The molecule has 1 aromatic carbocycles. The maximum atomic E-state index is 11.6. The van der Waals surface area contributed by atoms with E-state index in [9.17, 15) is 14.7 Å². The van der Waals surface area contributed by atoms with Crippen molar-refractivity contribution >= 4 is 23.5 Å². The summed E-state index contributed by atoms with van der Waals surface area (Å²) in [4.78, 5) is 22.9. The molecule has 1 rings (SSSR count). The Morgan fingerprint density at radius 2 is 1.61 bits per heavy atom. The molecule has 0 aliphatic carbocycles. The lowest BCUT2D eigenvalue weighted by Gasteiger charge is -2.19. The summed E-state index contributed by atoms with van der Waals surface area (Å²) < 4.78 is 8.98. The summed E-state index contributed by atoms with van der Waals surface area (Å²) in [6.07, 6.45) is -1.62. The summed E-state index contributed by atoms with van der Waals surface area (Å²) in [6.45, 7) is 0. The third kappa shape index (κ3) is 3.21. The van der Waals surface area contributed by atoms with E-state index in [1.807, 2.05) is 0 Å². The topological polar surface area (TPSA) is 72.8 Å². The fourth-order valence-corrected chi connectivity index (χ4v) is 1.63. The van der Waals surface area contributed by atoms with E-state index in [4.69, 9.17) is 11.6 Å². The van der Waals surface area contributed by atoms with Gasteiger partial charge in [-0.3, -0.25) is 4.79 Å². The Hall–Kier alpha value is -1.59. The standard InChI is InChI=1S/C12H13ClO5/c1-17-11(15)9(10(14)12(16)18-2)7-3-5-8(13)6-4-7/h3-6,9-10,14H,1-2H3. The minimum atomic E-state index is -1.62. The predicted octanol–water partition coefficient (Wildman–Crippen LogP) is 1.13. The number of methoxy groups -OCH3 is 2. The number of esters is 2. The number of aliphatic hydroxyl groups excluding tert-OH is 1. The van der Waals surface area contributed by atoms with E-state index in [0.29, 0.717) is 10.6 Å². The molecule has 6 heteroatoms. The molecule has 0 radical (unpaired) electrons. The third-order valence-electron chi connectivity index (χ3n) is 2.44. The van der Waals surface area contributed by atoms with Gasteiger partial charge >= 0.3 is 11.9 Å². The first-order chi connectivity index (χ1) is 8.51. The van der Waals surface area contributed by atoms with Crippen molar-refractivity contribution in [2.75, 3.05) is 14.2 Å². The molecular formula is C12H13ClO5. The zero-order valence-electron chi connectivity index (χ0n) is 9.92. The summed E-state index contributed by atoms with van der Waals surface area (Å²) >= 11 is 5.73. The minimum absolute atomic E-state index is 0.421. The molecule has 2 unspecified atom stereocenters. The minimum Gasteiger partial charge on any atom is -0.468 e. The first-order valence-electron chi connectivity index (χ1n) is 5.10. The second-order valence-electron chi connectivity index (χ2n) is 3.52. The van der Waals surface area contributed by atoms with Crippen molar-refractivity contribution in [3.05, 3.63) is 34.9 Å². The Kier molecular flexibility index (Phi) is 5.12. The molecular weight excluding hydrogens is 260 g/mol. The molecule has 0 aliphatic heterocycles. The van der Waals surface area contributed by atoms with Gasteiger partial charge in [-0.15, -0.1) is 0 Å². The summed E-state index contributed by atoms with van der Waals surface area (Å²) in [5.41, 5.74) is 0.421. The maximum Gasteiger partial charge on any atom is 0.335 e. The smallest absolute Gasteiger partial charge is 0.335 e. The Bertz CT molecular complexity index is 429. The first kappa shape index (κ1) is 14.5. The van der Waals surface area contributed by atoms with Crippen molar-refractivity contribution in [2.45, 2.75) is 12.0 Å². The van der Waals surface area contributed by atoms with Gasteiger partial charge in [0.1, 0.15) is 5.92 Å². The lowest BCUT2D eigenvalue weighted by molar-refractivity contribution is -0.159. The first-order valence-corrected chi connectivity index (χ1v) is 5.48. The fraction of sp³-hybridized carbons (Fsp3) is 0.333. The molecule has 0 fully saturated rings. The number of ether oxygens (including phenoxy) is 2. The van der Waals surface area contributed by atoms with Crippen molar-refractivity contribution in [3.63, 3.8) is 0 Å². The van der Waals surface area contributed by atoms with E-state index in [1.165, 1.54) is 19.2 Å². The largest absolute Gasteiger partial charge is 0.468 e. The van der Waals surface area contributed by atoms with Crippen molar-refractivity contribution in [2.24, 2.45) is 0 Å². The molecule has 0 spiro atoms. The Morgan fingerprint density at radius 1 is 1.11 bits per heavy atom. The van der Waals surface area contributed by atoms with Gasteiger partial charge < -0.3 is 14.6 Å². The van der Waals surface area contributed by atoms with E-state index in [2.05, 4.69) is 9.47 Å². The van der Waals surface area contributed by atoms with Crippen LogP contribution >= 0.6 is 11.6 Å². The summed E-state index contributed by atoms with van der Waals surface area (Å²) in [6, 6.07) is 6.18. The third-order valence-corrected chi connectivity index (χ3v) is 2.69. The number of benzene rings is 1. The predicted molar refractivity (Wildman–Crippen MR) is 64.2 cm³/mol. The molecule has 0 bridgehead atoms. The molecule has 0 saturated heterocycles. The number of carbonyl (C=O) groups excluding carboxylic acids is 2. The van der Waals surface area contributed by atoms with Crippen molar-refractivity contribution in [1.82, 2.24) is 0 Å². The van der Waals surface area contributed by atoms with Crippen molar-refractivity contribution in [1.29, 1.82) is 0 Å². The average molecular weight is 273 g/mol. The van der Waals surface area contributed by atoms with Crippen LogP contribution in [0.5, 0.6) is 0 Å². The average Bonchev–Trinajstić information content (AvgIpc) is 2.39. The van der Waals surface area contributed by atoms with Crippen LogP contribution in [0.15, 0.2) is 24.3 Å². The normalized spacial score (nSPS) is 13.6. The molecule has 5 nitrogen and oxygen atoms in total. The molecule has 0 aromatic heterocycles. The van der Waals surface area contributed by atoms with E-state index in [1.54, 1.807) is 12.1 Å². The summed E-state index contributed by atoms with van der Waals surface area (Å²) in [7, 11) is 2.30. The second kappa shape index (κ2) is 6.37. The second-order valence-corrected chi connectivity index (χ2v) is 3.96. The highest BCUT2D eigenvalue weighted by Crippen LogP contribution is 2.24. The van der Waals surface area contributed by atoms with Crippen LogP contribution in [-0.2, 0) is 19.1 Å². The fourth-order valence-electron chi connectivity index (χ4n) is 1.50. The highest BCUT2D eigenvalue weighted by Gasteiger charge is 2.35. The van der Waals surface area contributed by atoms with Crippen LogP contribution in [0.3, 0.4) is 0 Å². The van der Waals surface area contributed by atoms with Crippen LogP contribution in [0.2, 0.25) is 5.02 Å². The van der Waals surface area contributed by atoms with Crippen LogP contribution < -0.4 is 0 Å². The lowest BCUT2D eigenvalue weighted by Crippen LogP contribution is -2.34. The van der Waals surface area contributed by atoms with Gasteiger partial charge in [0.2, 0.25) is 0 Å². The Balaban J connectivity index is 3.09. The number of rotatable bonds is 4. The van der Waals surface area contributed by atoms with Gasteiger partial charge in [0.15, 0.2) is 6.10 Å². The zero-order valence-corrected chi connectivity index (χ0v) is 10.7. The molecule has 0 amide bonds. The number of halogens is 1. The Labute approximate surface area is 109 Å². The SMILES string of the molecule is COC(=O)C(O)C(C(=O)OC)c1ccc(Cl)cc1. The van der Waals surface area contributed by atoms with Gasteiger partial charge in [-0.05, 0) is 17.7 Å². The molecule has 1 aromatic rings. The van der Waals surface area contributed by atoms with Crippen molar-refractivity contribution in [3.8, 4) is 0 Å². The van der Waals surface area contributed by atoms with Crippen LogP contribution in [0.1, 0.15) is 11.5 Å². The molecule has 0 saturated carbocycles. The van der Waals surface area contributed by atoms with Crippen LogP contribution in [0, 0.1) is 0 Å². The van der Waals surface area contributed by atoms with Gasteiger partial charge in [-0.1, -0.05) is 23.7 Å². The number of hydrogen-bond donors (Lipinski definition) is 1. The van der Waals surface area contributed by atoms with Gasteiger partial charge in [-0.25, -0.2) is 4.79 Å². The lowest BCUT2D eigenvalue weighted by atomic mass is 9.93. The van der Waals surface area contributed by atoms with Crippen LogP contribution in [0.25, 0.3) is 0 Å². The van der Waals surface area contributed by atoms with E-state index in [-0.39, 0.29) is 0 Å². The summed E-state index contributed by atoms with van der Waals surface area (Å²) in [5, 5.41) is 10.3. The van der Waals surface area contributed by atoms with Crippen LogP contribution in [0.4, 0.5) is 0 Å². The molecule has 0 heterocycles. The molecule has 2 atom stereocenters.